The highest BCUT2D eigenvalue weighted by Crippen LogP contribution is 2.00. The zero-order valence-electron chi connectivity index (χ0n) is 7.49. The van der Waals surface area contributed by atoms with E-state index in [2.05, 4.69) is 0 Å². The highest BCUT2D eigenvalue weighted by molar-refractivity contribution is 5.94. The van der Waals surface area contributed by atoms with Crippen LogP contribution in [-0.4, -0.2) is 32.7 Å². The molecule has 0 bridgehead atoms. The molecule has 0 fully saturated rings. The largest absolute Gasteiger partial charge is 0.461 e. The van der Waals surface area contributed by atoms with Crippen molar-refractivity contribution in [2.45, 2.75) is 0 Å². The van der Waals surface area contributed by atoms with E-state index in [9.17, 15) is 4.79 Å². The van der Waals surface area contributed by atoms with Crippen molar-refractivity contribution in [2.24, 2.45) is 0 Å². The fourth-order valence-electron chi connectivity index (χ4n) is 0.815. The summed E-state index contributed by atoms with van der Waals surface area (Å²) in [5.41, 5.74) is 0. The molecule has 72 valence electrons. The van der Waals surface area contributed by atoms with Gasteiger partial charge in [0, 0.05) is 7.11 Å². The molecule has 0 unspecified atom stereocenters. The average Bonchev–Trinajstić information content (AvgIpc) is 2.65. The second-order valence-electron chi connectivity index (χ2n) is 2.45. The first-order chi connectivity index (χ1) is 6.34. The van der Waals surface area contributed by atoms with E-state index in [-0.39, 0.29) is 12.4 Å². The Morgan fingerprint density at radius 1 is 1.54 bits per heavy atom. The van der Waals surface area contributed by atoms with E-state index < -0.39 is 0 Å². The van der Waals surface area contributed by atoms with Crippen LogP contribution in [0.3, 0.4) is 0 Å². The van der Waals surface area contributed by atoms with Gasteiger partial charge in [0.05, 0.1) is 19.5 Å². The van der Waals surface area contributed by atoms with Gasteiger partial charge in [-0.25, -0.2) is 0 Å². The zero-order valence-corrected chi connectivity index (χ0v) is 7.49. The van der Waals surface area contributed by atoms with Crippen molar-refractivity contribution in [3.8, 4) is 0 Å². The maximum atomic E-state index is 11.2. The topological polar surface area (TPSA) is 48.7 Å². The number of furan rings is 1. The third-order valence-electron chi connectivity index (χ3n) is 1.46. The van der Waals surface area contributed by atoms with Crippen molar-refractivity contribution in [1.29, 1.82) is 0 Å². The quantitative estimate of drug-likeness (QED) is 0.491. The highest BCUT2D eigenvalue weighted by atomic mass is 16.5. The predicted octanol–water partition coefficient (Wildman–Crippen LogP) is 1.13. The fraction of sp³-hybridized carbons (Fsp3) is 0.444. The number of methoxy groups -OCH3 is 1. The van der Waals surface area contributed by atoms with Crippen molar-refractivity contribution in [3.63, 3.8) is 0 Å². The summed E-state index contributed by atoms with van der Waals surface area (Å²) in [4.78, 5) is 11.2. The molecule has 0 saturated heterocycles. The second-order valence-corrected chi connectivity index (χ2v) is 2.45. The molecule has 0 N–H and O–H groups in total. The van der Waals surface area contributed by atoms with Crippen LogP contribution in [0, 0.1) is 0 Å². The molecule has 0 aliphatic heterocycles. The van der Waals surface area contributed by atoms with Crippen molar-refractivity contribution in [3.05, 3.63) is 24.2 Å². The van der Waals surface area contributed by atoms with Gasteiger partial charge in [0.25, 0.3) is 0 Å². The van der Waals surface area contributed by atoms with Crippen LogP contribution in [0.15, 0.2) is 22.8 Å². The first-order valence-electron chi connectivity index (χ1n) is 3.98. The lowest BCUT2D eigenvalue weighted by Crippen LogP contribution is -2.11. The normalized spacial score (nSPS) is 10.2. The Morgan fingerprint density at radius 2 is 2.38 bits per heavy atom. The molecular weight excluding hydrogens is 172 g/mol. The summed E-state index contributed by atoms with van der Waals surface area (Å²) >= 11 is 0. The molecule has 0 aliphatic carbocycles. The zero-order chi connectivity index (χ0) is 9.52. The SMILES string of the molecule is COCCOCC(=O)c1ccco1. The third kappa shape index (κ3) is 3.40. The van der Waals surface area contributed by atoms with Gasteiger partial charge >= 0.3 is 0 Å². The summed E-state index contributed by atoms with van der Waals surface area (Å²) < 4.78 is 14.7. The van der Waals surface area contributed by atoms with E-state index in [0.717, 1.165) is 0 Å². The lowest BCUT2D eigenvalue weighted by Gasteiger charge is -2.00. The first-order valence-corrected chi connectivity index (χ1v) is 3.98. The summed E-state index contributed by atoms with van der Waals surface area (Å²) in [6.45, 7) is 0.950. The standard InChI is InChI=1S/C9H12O4/c1-11-5-6-12-7-8(10)9-3-2-4-13-9/h2-4H,5-7H2,1H3. The second kappa shape index (κ2) is 5.50. The Balaban J connectivity index is 2.19. The van der Waals surface area contributed by atoms with Crippen LogP contribution >= 0.6 is 0 Å². The van der Waals surface area contributed by atoms with Gasteiger partial charge in [-0.3, -0.25) is 4.79 Å². The Hall–Kier alpha value is -1.13. The molecule has 0 aliphatic rings. The molecule has 0 radical (unpaired) electrons. The number of carbonyl (C=O) groups excluding carboxylic acids is 1. The van der Waals surface area contributed by atoms with Gasteiger partial charge < -0.3 is 13.9 Å². The molecular formula is C9H12O4. The summed E-state index contributed by atoms with van der Waals surface area (Å²) in [6.07, 6.45) is 1.46. The summed E-state index contributed by atoms with van der Waals surface area (Å²) in [6, 6.07) is 3.28. The highest BCUT2D eigenvalue weighted by Gasteiger charge is 2.07. The van der Waals surface area contributed by atoms with Gasteiger partial charge in [-0.2, -0.15) is 0 Å². The molecule has 0 aromatic carbocycles. The minimum Gasteiger partial charge on any atom is -0.461 e. The van der Waals surface area contributed by atoms with E-state index in [1.165, 1.54) is 6.26 Å². The predicted molar refractivity (Wildman–Crippen MR) is 45.7 cm³/mol. The average molecular weight is 184 g/mol. The summed E-state index contributed by atoms with van der Waals surface area (Å²) in [5.74, 6) is 0.179. The Labute approximate surface area is 76.4 Å². The molecule has 1 aromatic heterocycles. The van der Waals surface area contributed by atoms with Crippen LogP contribution in [0.5, 0.6) is 0 Å². The molecule has 1 heterocycles. The van der Waals surface area contributed by atoms with Crippen LogP contribution in [0.1, 0.15) is 10.6 Å². The molecule has 0 saturated carbocycles. The van der Waals surface area contributed by atoms with Gasteiger partial charge in [0.15, 0.2) is 5.76 Å². The van der Waals surface area contributed by atoms with Crippen molar-refractivity contribution >= 4 is 5.78 Å². The van der Waals surface area contributed by atoms with E-state index in [4.69, 9.17) is 13.9 Å². The number of rotatable bonds is 6. The molecule has 0 spiro atoms. The maximum Gasteiger partial charge on any atom is 0.223 e. The minimum atomic E-state index is -0.152. The van der Waals surface area contributed by atoms with Gasteiger partial charge in [-0.15, -0.1) is 0 Å². The number of hydrogen-bond donors (Lipinski definition) is 0. The van der Waals surface area contributed by atoms with Crippen LogP contribution < -0.4 is 0 Å². The number of carbonyl (C=O) groups is 1. The van der Waals surface area contributed by atoms with Gasteiger partial charge in [-0.1, -0.05) is 0 Å². The summed E-state index contributed by atoms with van der Waals surface area (Å²) in [5, 5.41) is 0. The van der Waals surface area contributed by atoms with Crippen LogP contribution in [-0.2, 0) is 9.47 Å². The smallest absolute Gasteiger partial charge is 0.223 e. The number of Topliss-reactive ketones (excluding diaryl/α,β-unsaturated/α-hetero) is 1. The lowest BCUT2D eigenvalue weighted by atomic mass is 10.3. The van der Waals surface area contributed by atoms with Gasteiger partial charge in [-0.05, 0) is 12.1 Å². The van der Waals surface area contributed by atoms with E-state index >= 15 is 0 Å². The summed E-state index contributed by atoms with van der Waals surface area (Å²) in [7, 11) is 1.58. The van der Waals surface area contributed by atoms with Crippen LogP contribution in [0.4, 0.5) is 0 Å². The molecule has 1 rings (SSSR count). The Morgan fingerprint density at radius 3 is 3.00 bits per heavy atom. The maximum absolute atomic E-state index is 11.2. The first kappa shape index (κ1) is 9.95. The van der Waals surface area contributed by atoms with Gasteiger partial charge in [0.1, 0.15) is 6.61 Å². The van der Waals surface area contributed by atoms with Gasteiger partial charge in [0.2, 0.25) is 5.78 Å². The molecule has 0 amide bonds. The van der Waals surface area contributed by atoms with Crippen molar-refractivity contribution in [2.75, 3.05) is 26.9 Å². The lowest BCUT2D eigenvalue weighted by molar-refractivity contribution is 0.0558. The Bertz CT molecular complexity index is 240. The molecule has 13 heavy (non-hydrogen) atoms. The van der Waals surface area contributed by atoms with Crippen molar-refractivity contribution < 1.29 is 18.7 Å². The monoisotopic (exact) mass is 184 g/mol. The van der Waals surface area contributed by atoms with E-state index in [1.807, 2.05) is 0 Å². The minimum absolute atomic E-state index is 0.0386. The number of hydrogen-bond acceptors (Lipinski definition) is 4. The third-order valence-corrected chi connectivity index (χ3v) is 1.46. The van der Waals surface area contributed by atoms with E-state index in [1.54, 1.807) is 19.2 Å². The molecule has 0 atom stereocenters. The molecule has 1 aromatic rings. The van der Waals surface area contributed by atoms with Crippen LogP contribution in [0.2, 0.25) is 0 Å². The molecule has 4 heteroatoms. The Kier molecular flexibility index (Phi) is 4.21. The number of ether oxygens (including phenoxy) is 2. The van der Waals surface area contributed by atoms with E-state index in [0.29, 0.717) is 19.0 Å². The fourth-order valence-corrected chi connectivity index (χ4v) is 0.815. The van der Waals surface area contributed by atoms with Crippen molar-refractivity contribution in [1.82, 2.24) is 0 Å². The molecule has 4 nitrogen and oxygen atoms in total. The van der Waals surface area contributed by atoms with Crippen LogP contribution in [0.25, 0.3) is 0 Å². The number of ketones is 1.